The highest BCUT2D eigenvalue weighted by molar-refractivity contribution is 9.10. The number of aryl methyl sites for hydroxylation is 2. The molecule has 0 unspecified atom stereocenters. The van der Waals surface area contributed by atoms with Gasteiger partial charge in [0.1, 0.15) is 0 Å². The van der Waals surface area contributed by atoms with Crippen molar-refractivity contribution in [3.8, 4) is 0 Å². The largest absolute Gasteiger partial charge is 0.398 e. The Morgan fingerprint density at radius 3 is 2.47 bits per heavy atom. The van der Waals surface area contributed by atoms with E-state index in [1.54, 1.807) is 18.2 Å². The summed E-state index contributed by atoms with van der Waals surface area (Å²) in [7, 11) is 0. The van der Waals surface area contributed by atoms with Gasteiger partial charge in [-0.1, -0.05) is 22.0 Å². The van der Waals surface area contributed by atoms with Gasteiger partial charge in [0.25, 0.3) is 5.91 Å². The predicted octanol–water partition coefficient (Wildman–Crippen LogP) is 3.90. The summed E-state index contributed by atoms with van der Waals surface area (Å²) >= 11 is 3.32. The highest BCUT2D eigenvalue weighted by Gasteiger charge is 2.10. The van der Waals surface area contributed by atoms with E-state index in [4.69, 9.17) is 5.73 Å². The molecule has 0 spiro atoms. The van der Waals surface area contributed by atoms with Crippen LogP contribution in [0, 0.1) is 13.8 Å². The van der Waals surface area contributed by atoms with Crippen molar-refractivity contribution < 1.29 is 4.79 Å². The Hall–Kier alpha value is -1.81. The van der Waals surface area contributed by atoms with Gasteiger partial charge in [-0.2, -0.15) is 0 Å². The Morgan fingerprint density at radius 1 is 1.11 bits per heavy atom. The lowest BCUT2D eigenvalue weighted by atomic mass is 10.1. The zero-order valence-corrected chi connectivity index (χ0v) is 12.4. The van der Waals surface area contributed by atoms with Crippen LogP contribution in [0.4, 0.5) is 11.4 Å². The minimum absolute atomic E-state index is 0.201. The molecule has 0 aliphatic rings. The summed E-state index contributed by atoms with van der Waals surface area (Å²) in [5.41, 5.74) is 9.88. The molecule has 0 fully saturated rings. The van der Waals surface area contributed by atoms with E-state index in [1.165, 1.54) is 5.56 Å². The summed E-state index contributed by atoms with van der Waals surface area (Å²) in [6.45, 7) is 4.05. The fourth-order valence-electron chi connectivity index (χ4n) is 1.76. The van der Waals surface area contributed by atoms with E-state index in [0.29, 0.717) is 11.3 Å². The number of carbonyl (C=O) groups excluding carboxylic acids is 1. The predicted molar refractivity (Wildman–Crippen MR) is 82.4 cm³/mol. The Balaban J connectivity index is 2.23. The van der Waals surface area contributed by atoms with Crippen LogP contribution in [-0.2, 0) is 0 Å². The van der Waals surface area contributed by atoms with Gasteiger partial charge in [-0.15, -0.1) is 0 Å². The van der Waals surface area contributed by atoms with Crippen LogP contribution in [0.15, 0.2) is 40.9 Å². The standard InChI is InChI=1S/C15H15BrN2O/c1-9-3-5-12(7-10(9)2)18-15(19)13-6-4-11(16)8-14(13)17/h3-8H,17H2,1-2H3,(H,18,19). The lowest BCUT2D eigenvalue weighted by Crippen LogP contribution is -2.14. The second-order valence-corrected chi connectivity index (χ2v) is 5.40. The topological polar surface area (TPSA) is 55.1 Å². The highest BCUT2D eigenvalue weighted by Crippen LogP contribution is 2.20. The van der Waals surface area contributed by atoms with Crippen LogP contribution in [0.1, 0.15) is 21.5 Å². The summed E-state index contributed by atoms with van der Waals surface area (Å²) in [5, 5.41) is 2.85. The summed E-state index contributed by atoms with van der Waals surface area (Å²) in [4.78, 5) is 12.1. The van der Waals surface area contributed by atoms with Crippen LogP contribution < -0.4 is 11.1 Å². The van der Waals surface area contributed by atoms with Crippen LogP contribution in [0.2, 0.25) is 0 Å². The molecule has 2 rings (SSSR count). The molecule has 2 aromatic carbocycles. The fraction of sp³-hybridized carbons (Fsp3) is 0.133. The number of anilines is 2. The average Bonchev–Trinajstić information content (AvgIpc) is 2.33. The molecule has 19 heavy (non-hydrogen) atoms. The SMILES string of the molecule is Cc1ccc(NC(=O)c2ccc(Br)cc2N)cc1C. The van der Waals surface area contributed by atoms with Crippen molar-refractivity contribution in [2.24, 2.45) is 0 Å². The van der Waals surface area contributed by atoms with Gasteiger partial charge in [0.05, 0.1) is 5.56 Å². The molecule has 3 nitrogen and oxygen atoms in total. The molecule has 0 atom stereocenters. The Bertz CT molecular complexity index is 638. The molecule has 0 aliphatic heterocycles. The molecule has 2 aromatic rings. The molecular weight excluding hydrogens is 304 g/mol. The van der Waals surface area contributed by atoms with E-state index in [2.05, 4.69) is 21.2 Å². The molecule has 0 saturated heterocycles. The van der Waals surface area contributed by atoms with Crippen molar-refractivity contribution in [3.05, 3.63) is 57.6 Å². The zero-order valence-electron chi connectivity index (χ0n) is 10.8. The molecule has 0 radical (unpaired) electrons. The maximum absolute atomic E-state index is 12.1. The first kappa shape index (κ1) is 13.6. The van der Waals surface area contributed by atoms with Crippen molar-refractivity contribution in [1.29, 1.82) is 0 Å². The maximum Gasteiger partial charge on any atom is 0.257 e. The van der Waals surface area contributed by atoms with Gasteiger partial charge < -0.3 is 11.1 Å². The van der Waals surface area contributed by atoms with E-state index in [0.717, 1.165) is 15.7 Å². The molecule has 0 aliphatic carbocycles. The zero-order chi connectivity index (χ0) is 14.0. The number of carbonyl (C=O) groups is 1. The summed E-state index contributed by atoms with van der Waals surface area (Å²) in [6, 6.07) is 11.0. The Labute approximate surface area is 121 Å². The number of rotatable bonds is 2. The van der Waals surface area contributed by atoms with E-state index in [-0.39, 0.29) is 5.91 Å². The van der Waals surface area contributed by atoms with Crippen LogP contribution in [-0.4, -0.2) is 5.91 Å². The van der Waals surface area contributed by atoms with E-state index >= 15 is 0 Å². The molecule has 4 heteroatoms. The van der Waals surface area contributed by atoms with Crippen molar-refractivity contribution in [3.63, 3.8) is 0 Å². The smallest absolute Gasteiger partial charge is 0.257 e. The third kappa shape index (κ3) is 3.15. The number of hydrogen-bond donors (Lipinski definition) is 2. The number of nitrogens with one attached hydrogen (secondary N) is 1. The van der Waals surface area contributed by atoms with Crippen molar-refractivity contribution in [2.45, 2.75) is 13.8 Å². The van der Waals surface area contributed by atoms with Gasteiger partial charge in [-0.3, -0.25) is 4.79 Å². The minimum Gasteiger partial charge on any atom is -0.398 e. The monoisotopic (exact) mass is 318 g/mol. The van der Waals surface area contributed by atoms with Crippen LogP contribution in [0.3, 0.4) is 0 Å². The van der Waals surface area contributed by atoms with Crippen molar-refractivity contribution in [2.75, 3.05) is 11.1 Å². The molecule has 0 bridgehead atoms. The number of nitrogens with two attached hydrogens (primary N) is 1. The summed E-state index contributed by atoms with van der Waals surface area (Å²) < 4.78 is 0.854. The lowest BCUT2D eigenvalue weighted by molar-refractivity contribution is 0.102. The van der Waals surface area contributed by atoms with Gasteiger partial charge >= 0.3 is 0 Å². The third-order valence-corrected chi connectivity index (χ3v) is 3.52. The van der Waals surface area contributed by atoms with Gasteiger partial charge in [-0.05, 0) is 55.3 Å². The number of hydrogen-bond acceptors (Lipinski definition) is 2. The average molecular weight is 319 g/mol. The molecule has 1 amide bonds. The van der Waals surface area contributed by atoms with E-state index in [1.807, 2.05) is 32.0 Å². The second-order valence-electron chi connectivity index (χ2n) is 4.48. The minimum atomic E-state index is -0.201. The van der Waals surface area contributed by atoms with Crippen LogP contribution in [0.25, 0.3) is 0 Å². The second kappa shape index (κ2) is 5.45. The van der Waals surface area contributed by atoms with Crippen LogP contribution in [0.5, 0.6) is 0 Å². The maximum atomic E-state index is 12.1. The van der Waals surface area contributed by atoms with Crippen LogP contribution >= 0.6 is 15.9 Å². The Kier molecular flexibility index (Phi) is 3.90. The first-order chi connectivity index (χ1) is 8.97. The van der Waals surface area contributed by atoms with Crippen molar-refractivity contribution in [1.82, 2.24) is 0 Å². The van der Waals surface area contributed by atoms with Gasteiger partial charge in [0.2, 0.25) is 0 Å². The first-order valence-corrected chi connectivity index (χ1v) is 6.70. The number of amides is 1. The molecule has 98 valence electrons. The number of nitrogen functional groups attached to an aromatic ring is 1. The normalized spacial score (nSPS) is 10.3. The fourth-order valence-corrected chi connectivity index (χ4v) is 2.14. The first-order valence-electron chi connectivity index (χ1n) is 5.91. The lowest BCUT2D eigenvalue weighted by Gasteiger charge is -2.09. The van der Waals surface area contributed by atoms with Gasteiger partial charge in [0.15, 0.2) is 0 Å². The molecule has 3 N–H and O–H groups in total. The summed E-state index contributed by atoms with van der Waals surface area (Å²) in [6.07, 6.45) is 0. The highest BCUT2D eigenvalue weighted by atomic mass is 79.9. The quantitative estimate of drug-likeness (QED) is 0.825. The molecular formula is C15H15BrN2O. The summed E-state index contributed by atoms with van der Waals surface area (Å²) in [5.74, 6) is -0.201. The van der Waals surface area contributed by atoms with Gasteiger partial charge in [-0.25, -0.2) is 0 Å². The molecule has 0 aromatic heterocycles. The number of benzene rings is 2. The number of halogens is 1. The van der Waals surface area contributed by atoms with Crippen molar-refractivity contribution >= 4 is 33.2 Å². The molecule has 0 saturated carbocycles. The third-order valence-electron chi connectivity index (χ3n) is 3.02. The Morgan fingerprint density at radius 2 is 1.84 bits per heavy atom. The van der Waals surface area contributed by atoms with E-state index < -0.39 is 0 Å². The van der Waals surface area contributed by atoms with Gasteiger partial charge in [0, 0.05) is 15.8 Å². The molecule has 0 heterocycles. The van der Waals surface area contributed by atoms with E-state index in [9.17, 15) is 4.79 Å².